The van der Waals surface area contributed by atoms with E-state index in [1.807, 2.05) is 42.5 Å². The molecule has 1 atom stereocenters. The third-order valence-corrected chi connectivity index (χ3v) is 5.07. The number of benzene rings is 1. The van der Waals surface area contributed by atoms with Crippen LogP contribution < -0.4 is 5.32 Å². The van der Waals surface area contributed by atoms with Crippen molar-refractivity contribution in [2.45, 2.75) is 23.8 Å². The molecule has 1 saturated heterocycles. The molecule has 1 aromatic heterocycles. The molecule has 122 valence electrons. The molecule has 5 heteroatoms. The molecule has 0 spiro atoms. The molecular weight excluding hydrogens is 308 g/mol. The maximum Gasteiger partial charge on any atom is 0.230 e. The number of carbonyl (C=O) groups is 1. The number of likely N-dealkylation sites (tertiary alicyclic amines) is 1. The number of furan rings is 1. The molecule has 1 unspecified atom stereocenters. The van der Waals surface area contributed by atoms with Gasteiger partial charge in [0.2, 0.25) is 5.91 Å². The zero-order valence-corrected chi connectivity index (χ0v) is 13.9. The first kappa shape index (κ1) is 16.1. The summed E-state index contributed by atoms with van der Waals surface area (Å²) in [5.74, 6) is 1.44. The van der Waals surface area contributed by atoms with E-state index in [1.54, 1.807) is 18.0 Å². The van der Waals surface area contributed by atoms with Gasteiger partial charge >= 0.3 is 0 Å². The first-order chi connectivity index (χ1) is 11.3. The van der Waals surface area contributed by atoms with Crippen LogP contribution in [0.1, 0.15) is 24.6 Å². The predicted octanol–water partition coefficient (Wildman–Crippen LogP) is 3.33. The van der Waals surface area contributed by atoms with Gasteiger partial charge in [-0.05, 0) is 50.2 Å². The minimum absolute atomic E-state index is 0.0645. The van der Waals surface area contributed by atoms with E-state index in [2.05, 4.69) is 10.2 Å². The Morgan fingerprint density at radius 3 is 2.65 bits per heavy atom. The first-order valence-corrected chi connectivity index (χ1v) is 9.03. The average Bonchev–Trinajstić information content (AvgIpc) is 3.28. The van der Waals surface area contributed by atoms with E-state index >= 15 is 0 Å². The van der Waals surface area contributed by atoms with E-state index in [0.29, 0.717) is 12.3 Å². The van der Waals surface area contributed by atoms with Crippen LogP contribution in [0, 0.1) is 0 Å². The lowest BCUT2D eigenvalue weighted by Gasteiger charge is -2.25. The molecule has 0 radical (unpaired) electrons. The molecule has 3 rings (SSSR count). The number of rotatable bonds is 7. The number of hydrogen-bond acceptors (Lipinski definition) is 4. The third-order valence-electron chi connectivity index (χ3n) is 4.06. The number of thioether (sulfide) groups is 1. The molecule has 0 saturated carbocycles. The molecular formula is C18H22N2O2S. The Balaban J connectivity index is 1.51. The van der Waals surface area contributed by atoms with Crippen LogP contribution in [0.25, 0.3) is 0 Å². The molecule has 1 aromatic carbocycles. The fourth-order valence-electron chi connectivity index (χ4n) is 2.87. The van der Waals surface area contributed by atoms with E-state index < -0.39 is 0 Å². The normalized spacial score (nSPS) is 16.3. The summed E-state index contributed by atoms with van der Waals surface area (Å²) in [7, 11) is 0. The van der Waals surface area contributed by atoms with Crippen LogP contribution in [0.5, 0.6) is 0 Å². The molecule has 1 fully saturated rings. The van der Waals surface area contributed by atoms with Gasteiger partial charge in [-0.2, -0.15) is 0 Å². The number of amides is 1. The first-order valence-electron chi connectivity index (χ1n) is 8.05. The fraction of sp³-hybridized carbons (Fsp3) is 0.389. The maximum absolute atomic E-state index is 12.1. The minimum Gasteiger partial charge on any atom is -0.468 e. The monoisotopic (exact) mass is 330 g/mol. The summed E-state index contributed by atoms with van der Waals surface area (Å²) in [4.78, 5) is 15.6. The molecule has 1 aliphatic heterocycles. The molecule has 2 heterocycles. The van der Waals surface area contributed by atoms with Crippen LogP contribution in [-0.2, 0) is 4.79 Å². The van der Waals surface area contributed by atoms with Crippen LogP contribution in [0.2, 0.25) is 0 Å². The van der Waals surface area contributed by atoms with E-state index in [1.165, 1.54) is 12.8 Å². The van der Waals surface area contributed by atoms with Gasteiger partial charge in [-0.15, -0.1) is 11.8 Å². The summed E-state index contributed by atoms with van der Waals surface area (Å²) in [6.45, 7) is 2.74. The summed E-state index contributed by atoms with van der Waals surface area (Å²) in [6.07, 6.45) is 4.13. The third kappa shape index (κ3) is 4.62. The zero-order chi connectivity index (χ0) is 15.9. The van der Waals surface area contributed by atoms with E-state index in [-0.39, 0.29) is 11.9 Å². The van der Waals surface area contributed by atoms with Gasteiger partial charge in [0.25, 0.3) is 0 Å². The van der Waals surface area contributed by atoms with E-state index in [0.717, 1.165) is 23.7 Å². The smallest absolute Gasteiger partial charge is 0.230 e. The van der Waals surface area contributed by atoms with Crippen molar-refractivity contribution in [2.24, 2.45) is 0 Å². The molecule has 23 heavy (non-hydrogen) atoms. The van der Waals surface area contributed by atoms with Gasteiger partial charge < -0.3 is 9.73 Å². The SMILES string of the molecule is O=C(CSc1ccccc1)NCC(c1ccco1)N1CCCC1. The van der Waals surface area contributed by atoms with Crippen LogP contribution in [0.3, 0.4) is 0 Å². The second-order valence-electron chi connectivity index (χ2n) is 5.68. The minimum atomic E-state index is 0.0645. The molecule has 1 amide bonds. The lowest BCUT2D eigenvalue weighted by Crippen LogP contribution is -2.37. The van der Waals surface area contributed by atoms with Crippen LogP contribution in [0.15, 0.2) is 58.0 Å². The molecule has 1 aliphatic rings. The highest BCUT2D eigenvalue weighted by atomic mass is 32.2. The van der Waals surface area contributed by atoms with E-state index in [9.17, 15) is 4.79 Å². The summed E-state index contributed by atoms with van der Waals surface area (Å²) >= 11 is 1.56. The zero-order valence-electron chi connectivity index (χ0n) is 13.1. The highest BCUT2D eigenvalue weighted by molar-refractivity contribution is 8.00. The van der Waals surface area contributed by atoms with Crippen LogP contribution in [0.4, 0.5) is 0 Å². The quantitative estimate of drug-likeness (QED) is 0.791. The Hall–Kier alpha value is -1.72. The lowest BCUT2D eigenvalue weighted by molar-refractivity contribution is -0.118. The van der Waals surface area contributed by atoms with Gasteiger partial charge in [-0.1, -0.05) is 18.2 Å². The second-order valence-corrected chi connectivity index (χ2v) is 6.73. The highest BCUT2D eigenvalue weighted by Gasteiger charge is 2.25. The standard InChI is InChI=1S/C18H22N2O2S/c21-18(14-23-15-7-2-1-3-8-15)19-13-16(17-9-6-12-22-17)20-10-4-5-11-20/h1-3,6-9,12,16H,4-5,10-11,13-14H2,(H,19,21). The number of nitrogens with one attached hydrogen (secondary N) is 1. The predicted molar refractivity (Wildman–Crippen MR) is 92.4 cm³/mol. The summed E-state index contributed by atoms with van der Waals surface area (Å²) in [5.41, 5.74) is 0. The largest absolute Gasteiger partial charge is 0.468 e. The Bertz CT molecular complexity index is 595. The van der Waals surface area contributed by atoms with Crippen LogP contribution in [-0.4, -0.2) is 36.2 Å². The molecule has 1 N–H and O–H groups in total. The van der Waals surface area contributed by atoms with Crippen molar-refractivity contribution in [1.82, 2.24) is 10.2 Å². The van der Waals surface area contributed by atoms with Gasteiger partial charge in [0.15, 0.2) is 0 Å². The molecule has 4 nitrogen and oxygen atoms in total. The van der Waals surface area contributed by atoms with Crippen LogP contribution >= 0.6 is 11.8 Å². The molecule has 0 aliphatic carbocycles. The summed E-state index contributed by atoms with van der Waals surface area (Å²) < 4.78 is 5.57. The van der Waals surface area contributed by atoms with Crippen molar-refractivity contribution in [3.8, 4) is 0 Å². The maximum atomic E-state index is 12.1. The average molecular weight is 330 g/mol. The number of nitrogens with zero attached hydrogens (tertiary/aromatic N) is 1. The molecule has 0 bridgehead atoms. The van der Waals surface area contributed by atoms with Gasteiger partial charge in [-0.3, -0.25) is 9.69 Å². The molecule has 2 aromatic rings. The van der Waals surface area contributed by atoms with Crippen molar-refractivity contribution in [2.75, 3.05) is 25.4 Å². The Morgan fingerprint density at radius 2 is 1.96 bits per heavy atom. The van der Waals surface area contributed by atoms with Gasteiger partial charge in [0.05, 0.1) is 18.1 Å². The van der Waals surface area contributed by atoms with Crippen molar-refractivity contribution >= 4 is 17.7 Å². The second kappa shape index (κ2) is 8.22. The summed E-state index contributed by atoms with van der Waals surface area (Å²) in [6, 6.07) is 14.0. The summed E-state index contributed by atoms with van der Waals surface area (Å²) in [5, 5.41) is 3.06. The Kier molecular flexibility index (Phi) is 5.77. The topological polar surface area (TPSA) is 45.5 Å². The highest BCUT2D eigenvalue weighted by Crippen LogP contribution is 2.25. The fourth-order valence-corrected chi connectivity index (χ4v) is 3.62. The number of carbonyl (C=O) groups excluding carboxylic acids is 1. The Labute approximate surface area is 141 Å². The van der Waals surface area contributed by atoms with Crippen molar-refractivity contribution in [1.29, 1.82) is 0 Å². The Morgan fingerprint density at radius 1 is 1.17 bits per heavy atom. The van der Waals surface area contributed by atoms with Gasteiger partial charge in [0, 0.05) is 11.4 Å². The van der Waals surface area contributed by atoms with Crippen molar-refractivity contribution in [3.63, 3.8) is 0 Å². The van der Waals surface area contributed by atoms with Crippen molar-refractivity contribution in [3.05, 3.63) is 54.5 Å². The van der Waals surface area contributed by atoms with Gasteiger partial charge in [-0.25, -0.2) is 0 Å². The number of hydrogen-bond donors (Lipinski definition) is 1. The van der Waals surface area contributed by atoms with Crippen molar-refractivity contribution < 1.29 is 9.21 Å². The van der Waals surface area contributed by atoms with Gasteiger partial charge in [0.1, 0.15) is 5.76 Å². The van der Waals surface area contributed by atoms with E-state index in [4.69, 9.17) is 4.42 Å². The lowest BCUT2D eigenvalue weighted by atomic mass is 10.2.